The summed E-state index contributed by atoms with van der Waals surface area (Å²) in [5.41, 5.74) is 3.74. The Bertz CT molecular complexity index is 738. The van der Waals surface area contributed by atoms with Crippen LogP contribution < -0.4 is 0 Å². The molecule has 0 atom stereocenters. The van der Waals surface area contributed by atoms with E-state index in [1.165, 1.54) is 23.3 Å². The van der Waals surface area contributed by atoms with Gasteiger partial charge in [0.2, 0.25) is 5.91 Å². The molecule has 124 valence electrons. The molecular weight excluding hydrogens is 303 g/mol. The summed E-state index contributed by atoms with van der Waals surface area (Å²) in [4.78, 5) is 16.7. The molecule has 2 aliphatic rings. The zero-order valence-corrected chi connectivity index (χ0v) is 13.6. The maximum Gasteiger partial charge on any atom is 0.227 e. The van der Waals surface area contributed by atoms with Crippen molar-refractivity contribution in [3.63, 3.8) is 0 Å². The summed E-state index contributed by atoms with van der Waals surface area (Å²) < 4.78 is 12.9. The van der Waals surface area contributed by atoms with Gasteiger partial charge in [-0.25, -0.2) is 4.39 Å². The van der Waals surface area contributed by atoms with Gasteiger partial charge in [-0.2, -0.15) is 0 Å². The summed E-state index contributed by atoms with van der Waals surface area (Å²) in [7, 11) is 0. The number of fused-ring (bicyclic) bond motifs is 1. The summed E-state index contributed by atoms with van der Waals surface area (Å²) >= 11 is 0. The average Bonchev–Trinajstić information content (AvgIpc) is 2.55. The smallest absolute Gasteiger partial charge is 0.227 e. The van der Waals surface area contributed by atoms with Gasteiger partial charge in [-0.1, -0.05) is 36.4 Å². The molecule has 0 aliphatic carbocycles. The molecule has 1 amide bonds. The number of hydrogen-bond acceptors (Lipinski definition) is 2. The fourth-order valence-corrected chi connectivity index (χ4v) is 3.61. The normalized spacial score (nSPS) is 18.1. The lowest BCUT2D eigenvalue weighted by atomic mass is 9.96. The number of amides is 1. The second kappa shape index (κ2) is 6.36. The van der Waals surface area contributed by atoms with E-state index in [9.17, 15) is 9.18 Å². The van der Waals surface area contributed by atoms with Crippen molar-refractivity contribution in [3.8, 4) is 0 Å². The van der Waals surface area contributed by atoms with Crippen molar-refractivity contribution in [1.82, 2.24) is 9.80 Å². The van der Waals surface area contributed by atoms with E-state index >= 15 is 0 Å². The van der Waals surface area contributed by atoms with E-state index < -0.39 is 0 Å². The lowest BCUT2D eigenvalue weighted by molar-refractivity contribution is -0.138. The third-order valence-corrected chi connectivity index (χ3v) is 5.16. The number of rotatable bonds is 3. The van der Waals surface area contributed by atoms with E-state index in [-0.39, 0.29) is 11.7 Å². The van der Waals surface area contributed by atoms with E-state index in [0.29, 0.717) is 12.5 Å². The van der Waals surface area contributed by atoms with Crippen molar-refractivity contribution in [2.24, 2.45) is 0 Å². The minimum absolute atomic E-state index is 0.135. The number of nitrogens with zero attached hydrogens (tertiary/aromatic N) is 2. The van der Waals surface area contributed by atoms with Crippen LogP contribution >= 0.6 is 0 Å². The van der Waals surface area contributed by atoms with Crippen LogP contribution in [0, 0.1) is 5.82 Å². The van der Waals surface area contributed by atoms with Crippen LogP contribution in [0.15, 0.2) is 48.5 Å². The Morgan fingerprint density at radius 1 is 1.04 bits per heavy atom. The van der Waals surface area contributed by atoms with E-state index in [4.69, 9.17) is 0 Å². The molecule has 1 fully saturated rings. The lowest BCUT2D eigenvalue weighted by Crippen LogP contribution is -2.61. The van der Waals surface area contributed by atoms with Crippen LogP contribution in [0.4, 0.5) is 4.39 Å². The molecule has 4 heteroatoms. The Balaban J connectivity index is 1.30. The van der Waals surface area contributed by atoms with Gasteiger partial charge in [0, 0.05) is 32.2 Å². The second-order valence-corrected chi connectivity index (χ2v) is 6.74. The molecule has 2 aromatic carbocycles. The third-order valence-electron chi connectivity index (χ3n) is 5.16. The van der Waals surface area contributed by atoms with Crippen LogP contribution in [0.3, 0.4) is 0 Å². The highest BCUT2D eigenvalue weighted by Gasteiger charge is 2.35. The monoisotopic (exact) mass is 324 g/mol. The molecule has 0 aromatic heterocycles. The van der Waals surface area contributed by atoms with Crippen molar-refractivity contribution in [2.45, 2.75) is 25.4 Å². The summed E-state index contributed by atoms with van der Waals surface area (Å²) in [6, 6.07) is 15.3. The number of hydrogen-bond donors (Lipinski definition) is 0. The second-order valence-electron chi connectivity index (χ2n) is 6.74. The largest absolute Gasteiger partial charge is 0.339 e. The van der Waals surface area contributed by atoms with Crippen LogP contribution in [-0.4, -0.2) is 41.4 Å². The highest BCUT2D eigenvalue weighted by Crippen LogP contribution is 2.24. The lowest BCUT2D eigenvalue weighted by Gasteiger charge is -2.47. The van der Waals surface area contributed by atoms with Gasteiger partial charge in [0.15, 0.2) is 0 Å². The fourth-order valence-electron chi connectivity index (χ4n) is 3.61. The highest BCUT2D eigenvalue weighted by molar-refractivity contribution is 5.79. The van der Waals surface area contributed by atoms with Gasteiger partial charge in [0.1, 0.15) is 5.82 Å². The number of carbonyl (C=O) groups is 1. The summed E-state index contributed by atoms with van der Waals surface area (Å²) in [6.45, 7) is 3.67. The predicted octanol–water partition coefficient (Wildman–Crippen LogP) is 2.64. The maximum atomic E-state index is 12.9. The number of likely N-dealkylation sites (tertiary alicyclic amines) is 1. The standard InChI is InChI=1S/C20H21FN2O/c21-18-7-5-15(6-8-18)11-20(24)23-13-19(14-23)22-10-9-16-3-1-2-4-17(16)12-22/h1-8,19H,9-14H2. The van der Waals surface area contributed by atoms with Gasteiger partial charge in [0.05, 0.1) is 6.42 Å². The topological polar surface area (TPSA) is 23.6 Å². The van der Waals surface area contributed by atoms with Crippen molar-refractivity contribution in [1.29, 1.82) is 0 Å². The fraction of sp³-hybridized carbons (Fsp3) is 0.350. The zero-order chi connectivity index (χ0) is 16.5. The van der Waals surface area contributed by atoms with Crippen LogP contribution in [-0.2, 0) is 24.2 Å². The third kappa shape index (κ3) is 3.06. The molecule has 0 bridgehead atoms. The molecule has 0 saturated carbocycles. The Hall–Kier alpha value is -2.20. The first kappa shape index (κ1) is 15.3. The molecule has 0 radical (unpaired) electrons. The molecule has 0 spiro atoms. The SMILES string of the molecule is O=C(Cc1ccc(F)cc1)N1CC(N2CCc3ccccc3C2)C1. The Labute approximate surface area is 141 Å². The molecule has 0 N–H and O–H groups in total. The van der Waals surface area contributed by atoms with Crippen molar-refractivity contribution >= 4 is 5.91 Å². The summed E-state index contributed by atoms with van der Waals surface area (Å²) in [5.74, 6) is -0.129. The summed E-state index contributed by atoms with van der Waals surface area (Å²) in [5, 5.41) is 0. The molecule has 0 unspecified atom stereocenters. The van der Waals surface area contributed by atoms with Gasteiger partial charge in [0.25, 0.3) is 0 Å². The van der Waals surface area contributed by atoms with E-state index in [2.05, 4.69) is 29.2 Å². The number of benzene rings is 2. The first-order chi connectivity index (χ1) is 11.7. The molecule has 3 nitrogen and oxygen atoms in total. The van der Waals surface area contributed by atoms with E-state index in [1.54, 1.807) is 12.1 Å². The van der Waals surface area contributed by atoms with Crippen molar-refractivity contribution in [2.75, 3.05) is 19.6 Å². The van der Waals surface area contributed by atoms with Gasteiger partial charge in [-0.3, -0.25) is 9.69 Å². The molecule has 2 aliphatic heterocycles. The minimum atomic E-state index is -0.263. The molecule has 1 saturated heterocycles. The van der Waals surface area contributed by atoms with E-state index in [1.807, 2.05) is 4.90 Å². The van der Waals surface area contributed by atoms with Gasteiger partial charge < -0.3 is 4.90 Å². The zero-order valence-electron chi connectivity index (χ0n) is 13.6. The van der Waals surface area contributed by atoms with Crippen LogP contribution in [0.25, 0.3) is 0 Å². The van der Waals surface area contributed by atoms with Crippen LogP contribution in [0.1, 0.15) is 16.7 Å². The van der Waals surface area contributed by atoms with Crippen LogP contribution in [0.2, 0.25) is 0 Å². The van der Waals surface area contributed by atoms with Gasteiger partial charge in [-0.15, -0.1) is 0 Å². The first-order valence-corrected chi connectivity index (χ1v) is 8.52. The van der Waals surface area contributed by atoms with Gasteiger partial charge in [-0.05, 0) is 35.2 Å². The quantitative estimate of drug-likeness (QED) is 0.866. The van der Waals surface area contributed by atoms with Crippen LogP contribution in [0.5, 0.6) is 0 Å². The first-order valence-electron chi connectivity index (χ1n) is 8.52. The molecule has 24 heavy (non-hydrogen) atoms. The summed E-state index contributed by atoms with van der Waals surface area (Å²) in [6.07, 6.45) is 1.45. The Morgan fingerprint density at radius 2 is 1.75 bits per heavy atom. The maximum absolute atomic E-state index is 12.9. The van der Waals surface area contributed by atoms with E-state index in [0.717, 1.165) is 38.2 Å². The number of halogens is 1. The van der Waals surface area contributed by atoms with Crippen molar-refractivity contribution in [3.05, 3.63) is 71.0 Å². The molecule has 4 rings (SSSR count). The molecule has 2 aromatic rings. The number of carbonyl (C=O) groups excluding carboxylic acids is 1. The molecular formula is C20H21FN2O. The minimum Gasteiger partial charge on any atom is -0.339 e. The Morgan fingerprint density at radius 3 is 2.50 bits per heavy atom. The van der Waals surface area contributed by atoms with Crippen molar-refractivity contribution < 1.29 is 9.18 Å². The van der Waals surface area contributed by atoms with Gasteiger partial charge >= 0.3 is 0 Å². The highest BCUT2D eigenvalue weighted by atomic mass is 19.1. The predicted molar refractivity (Wildman–Crippen MR) is 91.0 cm³/mol. The average molecular weight is 324 g/mol. The Kier molecular flexibility index (Phi) is 4.07. The molecule has 2 heterocycles.